The molecule has 3 rings (SSSR count). The summed E-state index contributed by atoms with van der Waals surface area (Å²) in [6.07, 6.45) is 1.46. The molecule has 1 aromatic heterocycles. The number of hydrogen-bond acceptors (Lipinski definition) is 6. The third-order valence-corrected chi connectivity index (χ3v) is 7.10. The van der Waals surface area contributed by atoms with Gasteiger partial charge in [-0.2, -0.15) is 4.31 Å². The predicted molar refractivity (Wildman–Crippen MR) is 97.5 cm³/mol. The van der Waals surface area contributed by atoms with Gasteiger partial charge in [0, 0.05) is 17.3 Å². The minimum Gasteiger partial charge on any atom is -0.320 e. The molecular weight excluding hydrogens is 384 g/mol. The summed E-state index contributed by atoms with van der Waals surface area (Å²) >= 11 is 6.94. The number of halogens is 1. The van der Waals surface area contributed by atoms with Gasteiger partial charge in [-0.1, -0.05) is 22.9 Å². The lowest BCUT2D eigenvalue weighted by Crippen LogP contribution is -2.31. The Morgan fingerprint density at radius 3 is 2.76 bits per heavy atom. The van der Waals surface area contributed by atoms with E-state index in [1.165, 1.54) is 4.31 Å². The largest absolute Gasteiger partial charge is 0.320 e. The monoisotopic (exact) mass is 400 g/mol. The van der Waals surface area contributed by atoms with E-state index in [1.807, 2.05) is 0 Å². The number of amides is 1. The summed E-state index contributed by atoms with van der Waals surface area (Å²) in [6.45, 7) is 2.10. The van der Waals surface area contributed by atoms with E-state index >= 15 is 0 Å². The van der Waals surface area contributed by atoms with Crippen molar-refractivity contribution in [3.8, 4) is 0 Å². The molecule has 25 heavy (non-hydrogen) atoms. The summed E-state index contributed by atoms with van der Waals surface area (Å²) in [4.78, 5) is 12.3. The van der Waals surface area contributed by atoms with Crippen LogP contribution in [-0.2, 0) is 10.0 Å². The molecule has 0 aliphatic carbocycles. The van der Waals surface area contributed by atoms with Crippen molar-refractivity contribution in [2.75, 3.05) is 17.6 Å². The molecule has 0 bridgehead atoms. The van der Waals surface area contributed by atoms with E-state index in [4.69, 9.17) is 11.6 Å². The molecule has 2 heterocycles. The maximum Gasteiger partial charge on any atom is 0.286 e. The Balaban J connectivity index is 1.75. The fourth-order valence-corrected chi connectivity index (χ4v) is 5.08. The summed E-state index contributed by atoms with van der Waals surface area (Å²) in [5.41, 5.74) is 0.599. The number of anilines is 1. The zero-order valence-electron chi connectivity index (χ0n) is 13.5. The predicted octanol–water partition coefficient (Wildman–Crippen LogP) is 2.93. The Labute approximate surface area is 155 Å². The normalized spacial score (nSPS) is 18.4. The van der Waals surface area contributed by atoms with Crippen molar-refractivity contribution in [1.29, 1.82) is 0 Å². The summed E-state index contributed by atoms with van der Waals surface area (Å²) in [5, 5.41) is 12.0. The molecule has 134 valence electrons. The molecule has 1 aliphatic rings. The Kier molecular flexibility index (Phi) is 5.38. The molecular formula is C15H17ClN4O3S2. The zero-order valence-corrected chi connectivity index (χ0v) is 15.9. The number of nitrogens with one attached hydrogen (secondary N) is 1. The average molecular weight is 401 g/mol. The first-order chi connectivity index (χ1) is 11.9. The van der Waals surface area contributed by atoms with Crippen LogP contribution in [0.5, 0.6) is 0 Å². The Bertz CT molecular complexity index is 867. The highest BCUT2D eigenvalue weighted by Gasteiger charge is 2.36. The number of hydrogen-bond donors (Lipinski definition) is 1. The number of rotatable bonds is 5. The van der Waals surface area contributed by atoms with Crippen molar-refractivity contribution in [3.63, 3.8) is 0 Å². The van der Waals surface area contributed by atoms with Crippen LogP contribution in [0, 0.1) is 0 Å². The van der Waals surface area contributed by atoms with Gasteiger partial charge in [0.2, 0.25) is 15.0 Å². The molecule has 10 heteroatoms. The zero-order chi connectivity index (χ0) is 18.0. The molecule has 1 amide bonds. The second-order valence-electron chi connectivity index (χ2n) is 5.58. The van der Waals surface area contributed by atoms with Crippen LogP contribution in [0.3, 0.4) is 0 Å². The molecule has 1 atom stereocenters. The van der Waals surface area contributed by atoms with Gasteiger partial charge in [-0.15, -0.1) is 10.2 Å². The number of benzene rings is 1. The second kappa shape index (κ2) is 7.36. The smallest absolute Gasteiger partial charge is 0.286 e. The minimum absolute atomic E-state index is 0.0478. The summed E-state index contributed by atoms with van der Waals surface area (Å²) in [5.74, 6) is -0.333. The van der Waals surface area contributed by atoms with E-state index in [1.54, 1.807) is 31.2 Å². The van der Waals surface area contributed by atoms with E-state index in [0.29, 0.717) is 28.7 Å². The molecule has 1 aromatic carbocycles. The molecule has 2 aromatic rings. The number of aromatic nitrogens is 2. The van der Waals surface area contributed by atoms with Crippen LogP contribution in [0.4, 0.5) is 5.69 Å². The van der Waals surface area contributed by atoms with E-state index in [-0.39, 0.29) is 22.7 Å². The van der Waals surface area contributed by atoms with E-state index < -0.39 is 10.0 Å². The fraction of sp³-hybridized carbons (Fsp3) is 0.400. The number of carbonyl (C=O) groups is 1. The van der Waals surface area contributed by atoms with Crippen molar-refractivity contribution in [2.24, 2.45) is 0 Å². The Morgan fingerprint density at radius 1 is 1.36 bits per heavy atom. The number of sulfonamides is 1. The van der Waals surface area contributed by atoms with Gasteiger partial charge in [-0.05, 0) is 44.0 Å². The third kappa shape index (κ3) is 4.00. The molecule has 1 N–H and O–H groups in total. The van der Waals surface area contributed by atoms with E-state index in [0.717, 1.165) is 17.8 Å². The quantitative estimate of drug-likeness (QED) is 0.832. The fourth-order valence-electron chi connectivity index (χ4n) is 2.66. The molecule has 0 unspecified atom stereocenters. The topological polar surface area (TPSA) is 92.3 Å². The summed E-state index contributed by atoms with van der Waals surface area (Å²) in [7, 11) is -3.30. The van der Waals surface area contributed by atoms with Crippen LogP contribution in [0.25, 0.3) is 0 Å². The van der Waals surface area contributed by atoms with Crippen molar-refractivity contribution in [3.05, 3.63) is 39.3 Å². The first-order valence-corrected chi connectivity index (χ1v) is 10.6. The highest BCUT2D eigenvalue weighted by Crippen LogP contribution is 2.35. The lowest BCUT2D eigenvalue weighted by atomic mass is 10.2. The van der Waals surface area contributed by atoms with Gasteiger partial charge < -0.3 is 5.32 Å². The SMILES string of the molecule is CCS(=O)(=O)N1CCC[C@H]1c1nnc(C(=O)Nc2ccc(Cl)cc2)s1. The molecule has 0 saturated carbocycles. The van der Waals surface area contributed by atoms with Crippen LogP contribution in [0.15, 0.2) is 24.3 Å². The Morgan fingerprint density at radius 2 is 2.08 bits per heavy atom. The van der Waals surface area contributed by atoms with Crippen LogP contribution in [0.1, 0.15) is 40.6 Å². The molecule has 0 spiro atoms. The molecule has 1 saturated heterocycles. The maximum absolute atomic E-state index is 12.3. The lowest BCUT2D eigenvalue weighted by Gasteiger charge is -2.21. The van der Waals surface area contributed by atoms with E-state index in [2.05, 4.69) is 15.5 Å². The van der Waals surface area contributed by atoms with Gasteiger partial charge in [0.1, 0.15) is 5.01 Å². The van der Waals surface area contributed by atoms with Crippen molar-refractivity contribution < 1.29 is 13.2 Å². The number of carbonyl (C=O) groups excluding carboxylic acids is 1. The number of nitrogens with zero attached hydrogens (tertiary/aromatic N) is 3. The third-order valence-electron chi connectivity index (χ3n) is 3.95. The highest BCUT2D eigenvalue weighted by molar-refractivity contribution is 7.89. The van der Waals surface area contributed by atoms with Crippen molar-refractivity contribution in [2.45, 2.75) is 25.8 Å². The Hall–Kier alpha value is -1.55. The van der Waals surface area contributed by atoms with Gasteiger partial charge >= 0.3 is 0 Å². The first kappa shape index (κ1) is 18.2. The van der Waals surface area contributed by atoms with Crippen molar-refractivity contribution >= 4 is 44.6 Å². The van der Waals surface area contributed by atoms with Gasteiger partial charge in [-0.3, -0.25) is 4.79 Å². The maximum atomic E-state index is 12.3. The lowest BCUT2D eigenvalue weighted by molar-refractivity contribution is 0.102. The van der Waals surface area contributed by atoms with Gasteiger partial charge in [0.25, 0.3) is 5.91 Å². The van der Waals surface area contributed by atoms with E-state index in [9.17, 15) is 13.2 Å². The van der Waals surface area contributed by atoms with Crippen molar-refractivity contribution in [1.82, 2.24) is 14.5 Å². The second-order valence-corrected chi connectivity index (χ2v) is 9.23. The summed E-state index contributed by atoms with van der Waals surface area (Å²) < 4.78 is 25.8. The first-order valence-electron chi connectivity index (χ1n) is 7.80. The van der Waals surface area contributed by atoms with Crippen LogP contribution in [0.2, 0.25) is 5.02 Å². The molecule has 1 aliphatic heterocycles. The molecule has 7 nitrogen and oxygen atoms in total. The van der Waals surface area contributed by atoms with Crippen LogP contribution >= 0.6 is 22.9 Å². The minimum atomic E-state index is -3.30. The highest BCUT2D eigenvalue weighted by atomic mass is 35.5. The molecule has 0 radical (unpaired) electrons. The van der Waals surface area contributed by atoms with Gasteiger partial charge in [0.05, 0.1) is 11.8 Å². The summed E-state index contributed by atoms with van der Waals surface area (Å²) in [6, 6.07) is 6.40. The van der Waals surface area contributed by atoms with Gasteiger partial charge in [-0.25, -0.2) is 8.42 Å². The standard InChI is InChI=1S/C15H17ClN4O3S2/c1-2-25(22,23)20-9-3-4-12(20)14-18-19-15(24-14)13(21)17-11-7-5-10(16)6-8-11/h5-8,12H,2-4,9H2,1H3,(H,17,21)/t12-/m0/s1. The van der Waals surface area contributed by atoms with Gasteiger partial charge in [0.15, 0.2) is 0 Å². The molecule has 1 fully saturated rings. The average Bonchev–Trinajstić information content (AvgIpc) is 3.26. The van der Waals surface area contributed by atoms with Crippen LogP contribution < -0.4 is 5.32 Å². The van der Waals surface area contributed by atoms with Crippen LogP contribution in [-0.4, -0.2) is 41.1 Å².